The summed E-state index contributed by atoms with van der Waals surface area (Å²) < 4.78 is 4.92. The Labute approximate surface area is 113 Å². The Morgan fingerprint density at radius 3 is 3.00 bits per heavy atom. The van der Waals surface area contributed by atoms with Gasteiger partial charge in [0.2, 0.25) is 5.91 Å². The highest BCUT2D eigenvalue weighted by molar-refractivity contribution is 7.99. The van der Waals surface area contributed by atoms with Crippen LogP contribution in [0.2, 0.25) is 0 Å². The summed E-state index contributed by atoms with van der Waals surface area (Å²) in [6.45, 7) is 3.46. The number of hydrogen-bond donors (Lipinski definition) is 1. The molecule has 1 aromatic rings. The molecule has 0 spiro atoms. The lowest BCUT2D eigenvalue weighted by atomic mass is 10.2. The Bertz CT molecular complexity index is 369. The second-order valence-corrected chi connectivity index (χ2v) is 5.16. The molecule has 1 aromatic carbocycles. The highest BCUT2D eigenvalue weighted by Crippen LogP contribution is 2.13. The monoisotopic (exact) mass is 267 g/mol. The zero-order valence-electron chi connectivity index (χ0n) is 11.1. The van der Waals surface area contributed by atoms with Crippen molar-refractivity contribution in [3.8, 4) is 0 Å². The lowest BCUT2D eigenvalue weighted by Crippen LogP contribution is -2.26. The number of nitrogens with one attached hydrogen (secondary N) is 1. The molecule has 4 heteroatoms. The molecule has 0 fully saturated rings. The van der Waals surface area contributed by atoms with Crippen LogP contribution in [0.15, 0.2) is 24.3 Å². The zero-order chi connectivity index (χ0) is 13.2. The van der Waals surface area contributed by atoms with Crippen molar-refractivity contribution in [2.45, 2.75) is 19.1 Å². The van der Waals surface area contributed by atoms with E-state index in [1.807, 2.05) is 0 Å². The molecule has 0 heterocycles. The van der Waals surface area contributed by atoms with Crippen molar-refractivity contribution < 1.29 is 9.53 Å². The van der Waals surface area contributed by atoms with Gasteiger partial charge in [-0.2, -0.15) is 0 Å². The molecule has 1 rings (SSSR count). The zero-order valence-corrected chi connectivity index (χ0v) is 11.9. The van der Waals surface area contributed by atoms with Gasteiger partial charge < -0.3 is 10.1 Å². The van der Waals surface area contributed by atoms with Crippen molar-refractivity contribution in [1.29, 1.82) is 0 Å². The fraction of sp³-hybridized carbons (Fsp3) is 0.500. The average Bonchev–Trinajstić information content (AvgIpc) is 2.35. The molecule has 100 valence electrons. The number of ether oxygens (including phenoxy) is 1. The minimum absolute atomic E-state index is 0.101. The molecule has 18 heavy (non-hydrogen) atoms. The molecule has 0 saturated carbocycles. The molecule has 0 aliphatic carbocycles. The normalized spacial score (nSPS) is 10.3. The molecule has 3 nitrogen and oxygen atoms in total. The fourth-order valence-corrected chi connectivity index (χ4v) is 2.36. The second-order valence-electron chi connectivity index (χ2n) is 4.18. The molecule has 0 aliphatic rings. The fourth-order valence-electron chi connectivity index (χ4n) is 1.56. The third-order valence-electron chi connectivity index (χ3n) is 2.43. The predicted molar refractivity (Wildman–Crippen MR) is 76.8 cm³/mol. The van der Waals surface area contributed by atoms with Crippen LogP contribution in [-0.2, 0) is 15.3 Å². The maximum atomic E-state index is 11.5. The first-order valence-corrected chi connectivity index (χ1v) is 7.27. The largest absolute Gasteiger partial charge is 0.385 e. The number of carbonyl (C=O) groups is 1. The summed E-state index contributed by atoms with van der Waals surface area (Å²) in [5.41, 5.74) is 2.53. The second kappa shape index (κ2) is 9.00. The van der Waals surface area contributed by atoms with E-state index in [2.05, 4.69) is 36.5 Å². The van der Waals surface area contributed by atoms with Gasteiger partial charge in [0, 0.05) is 26.0 Å². The predicted octanol–water partition coefficient (Wildman–Crippen LogP) is 2.38. The SMILES string of the molecule is COCCCNC(=O)CSCc1cccc(C)c1. The minimum atomic E-state index is 0.101. The Hall–Kier alpha value is -1.00. The molecule has 0 aromatic heterocycles. The van der Waals surface area contributed by atoms with Gasteiger partial charge in [-0.15, -0.1) is 11.8 Å². The average molecular weight is 267 g/mol. The number of methoxy groups -OCH3 is 1. The number of thioether (sulfide) groups is 1. The summed E-state index contributed by atoms with van der Waals surface area (Å²) in [7, 11) is 1.67. The molecule has 1 N–H and O–H groups in total. The molecule has 0 saturated heterocycles. The lowest BCUT2D eigenvalue weighted by molar-refractivity contribution is -0.118. The van der Waals surface area contributed by atoms with Gasteiger partial charge in [0.15, 0.2) is 0 Å². The molecule has 1 amide bonds. The van der Waals surface area contributed by atoms with Crippen molar-refractivity contribution in [3.63, 3.8) is 0 Å². The summed E-state index contributed by atoms with van der Waals surface area (Å²) in [6.07, 6.45) is 0.866. The smallest absolute Gasteiger partial charge is 0.230 e. The van der Waals surface area contributed by atoms with Crippen molar-refractivity contribution in [2.24, 2.45) is 0 Å². The highest BCUT2D eigenvalue weighted by atomic mass is 32.2. The molecular formula is C14H21NO2S. The van der Waals surface area contributed by atoms with E-state index in [9.17, 15) is 4.79 Å². The summed E-state index contributed by atoms with van der Waals surface area (Å²) in [5.74, 6) is 1.50. The van der Waals surface area contributed by atoms with Crippen LogP contribution in [0.5, 0.6) is 0 Å². The van der Waals surface area contributed by atoms with E-state index in [0.717, 1.165) is 12.2 Å². The van der Waals surface area contributed by atoms with E-state index in [-0.39, 0.29) is 5.91 Å². The summed E-state index contributed by atoms with van der Waals surface area (Å²) >= 11 is 1.64. The number of rotatable bonds is 8. The standard InChI is InChI=1S/C14H21NO2S/c1-12-5-3-6-13(9-12)10-18-11-14(16)15-7-4-8-17-2/h3,5-6,9H,4,7-8,10-11H2,1-2H3,(H,15,16). The maximum Gasteiger partial charge on any atom is 0.230 e. The van der Waals surface area contributed by atoms with Gasteiger partial charge >= 0.3 is 0 Å². The van der Waals surface area contributed by atoms with E-state index in [1.165, 1.54) is 11.1 Å². The van der Waals surface area contributed by atoms with Gasteiger partial charge in [0.05, 0.1) is 5.75 Å². The minimum Gasteiger partial charge on any atom is -0.385 e. The number of aryl methyl sites for hydroxylation is 1. The third-order valence-corrected chi connectivity index (χ3v) is 3.44. The first-order chi connectivity index (χ1) is 8.72. The van der Waals surface area contributed by atoms with Crippen LogP contribution < -0.4 is 5.32 Å². The Morgan fingerprint density at radius 2 is 2.28 bits per heavy atom. The van der Waals surface area contributed by atoms with Crippen LogP contribution in [0, 0.1) is 6.92 Å². The summed E-state index contributed by atoms with van der Waals surface area (Å²) in [5, 5.41) is 2.88. The number of benzene rings is 1. The van der Waals surface area contributed by atoms with Gasteiger partial charge in [-0.1, -0.05) is 29.8 Å². The van der Waals surface area contributed by atoms with Crippen LogP contribution in [-0.4, -0.2) is 31.9 Å². The van der Waals surface area contributed by atoms with Crippen LogP contribution in [0.3, 0.4) is 0 Å². The lowest BCUT2D eigenvalue weighted by Gasteiger charge is -2.05. The Balaban J connectivity index is 2.12. The van der Waals surface area contributed by atoms with Crippen molar-refractivity contribution in [1.82, 2.24) is 5.32 Å². The van der Waals surface area contributed by atoms with E-state index in [4.69, 9.17) is 4.74 Å². The summed E-state index contributed by atoms with van der Waals surface area (Å²) in [4.78, 5) is 11.5. The van der Waals surface area contributed by atoms with Crippen LogP contribution in [0.4, 0.5) is 0 Å². The molecular weight excluding hydrogens is 246 g/mol. The maximum absolute atomic E-state index is 11.5. The van der Waals surface area contributed by atoms with Crippen LogP contribution in [0.25, 0.3) is 0 Å². The Kier molecular flexibility index (Phi) is 7.53. The number of amides is 1. The van der Waals surface area contributed by atoms with Crippen molar-refractivity contribution >= 4 is 17.7 Å². The van der Waals surface area contributed by atoms with Crippen molar-refractivity contribution in [2.75, 3.05) is 26.0 Å². The Morgan fingerprint density at radius 1 is 1.44 bits per heavy atom. The molecule has 0 unspecified atom stereocenters. The first kappa shape index (κ1) is 15.1. The topological polar surface area (TPSA) is 38.3 Å². The first-order valence-electron chi connectivity index (χ1n) is 6.11. The van der Waals surface area contributed by atoms with Crippen LogP contribution >= 0.6 is 11.8 Å². The van der Waals surface area contributed by atoms with Gasteiger partial charge in [-0.05, 0) is 18.9 Å². The molecule has 0 radical (unpaired) electrons. The number of hydrogen-bond acceptors (Lipinski definition) is 3. The van der Waals surface area contributed by atoms with Gasteiger partial charge in [-0.3, -0.25) is 4.79 Å². The van der Waals surface area contributed by atoms with Gasteiger partial charge in [0.1, 0.15) is 0 Å². The van der Waals surface area contributed by atoms with E-state index in [1.54, 1.807) is 18.9 Å². The van der Waals surface area contributed by atoms with E-state index < -0.39 is 0 Å². The molecule has 0 atom stereocenters. The molecule has 0 aliphatic heterocycles. The van der Waals surface area contributed by atoms with Crippen molar-refractivity contribution in [3.05, 3.63) is 35.4 Å². The molecule has 0 bridgehead atoms. The highest BCUT2D eigenvalue weighted by Gasteiger charge is 2.01. The quantitative estimate of drug-likeness (QED) is 0.735. The van der Waals surface area contributed by atoms with Gasteiger partial charge in [-0.25, -0.2) is 0 Å². The van der Waals surface area contributed by atoms with E-state index >= 15 is 0 Å². The summed E-state index contributed by atoms with van der Waals surface area (Å²) in [6, 6.07) is 8.38. The third kappa shape index (κ3) is 6.67. The van der Waals surface area contributed by atoms with Crippen LogP contribution in [0.1, 0.15) is 17.5 Å². The number of carbonyl (C=O) groups excluding carboxylic acids is 1. The van der Waals surface area contributed by atoms with Gasteiger partial charge in [0.25, 0.3) is 0 Å². The van der Waals surface area contributed by atoms with E-state index in [0.29, 0.717) is 18.9 Å².